The minimum atomic E-state index is -0.475. The molecule has 1 aliphatic heterocycles. The van der Waals surface area contributed by atoms with Crippen molar-refractivity contribution in [2.75, 3.05) is 25.5 Å². The number of hydrogen-bond acceptors (Lipinski definition) is 6. The van der Waals surface area contributed by atoms with E-state index in [0.717, 1.165) is 19.4 Å². The molecular weight excluding hydrogens is 284 g/mol. The van der Waals surface area contributed by atoms with Crippen molar-refractivity contribution in [3.63, 3.8) is 0 Å². The van der Waals surface area contributed by atoms with Gasteiger partial charge in [-0.15, -0.1) is 0 Å². The van der Waals surface area contributed by atoms with Gasteiger partial charge in [-0.25, -0.2) is 14.8 Å². The topological polar surface area (TPSA) is 76.6 Å². The van der Waals surface area contributed by atoms with Gasteiger partial charge < -0.3 is 19.7 Å². The van der Waals surface area contributed by atoms with Crippen molar-refractivity contribution in [1.29, 1.82) is 0 Å². The average Bonchev–Trinajstić information content (AvgIpc) is 2.46. The van der Waals surface area contributed by atoms with Crippen LogP contribution in [0.25, 0.3) is 0 Å². The summed E-state index contributed by atoms with van der Waals surface area (Å²) in [7, 11) is 1.57. The summed E-state index contributed by atoms with van der Waals surface area (Å²) in [6, 6.07) is 1.88. The fourth-order valence-electron chi connectivity index (χ4n) is 2.33. The fourth-order valence-corrected chi connectivity index (χ4v) is 2.33. The largest absolute Gasteiger partial charge is 0.481 e. The zero-order chi connectivity index (χ0) is 16.2. The second-order valence-corrected chi connectivity index (χ2v) is 6.36. The molecule has 1 aromatic rings. The van der Waals surface area contributed by atoms with E-state index in [9.17, 15) is 4.79 Å². The van der Waals surface area contributed by atoms with Crippen molar-refractivity contribution in [2.24, 2.45) is 0 Å². The average molecular weight is 308 g/mol. The predicted octanol–water partition coefficient (Wildman–Crippen LogP) is 2.30. The molecule has 2 heterocycles. The number of carbonyl (C=O) groups excluding carboxylic acids is 1. The summed E-state index contributed by atoms with van der Waals surface area (Å²) in [5.74, 6) is 1.21. The van der Waals surface area contributed by atoms with Crippen LogP contribution in [0.3, 0.4) is 0 Å². The van der Waals surface area contributed by atoms with Crippen LogP contribution in [0.1, 0.15) is 33.6 Å². The Morgan fingerprint density at radius 1 is 1.41 bits per heavy atom. The van der Waals surface area contributed by atoms with Crippen molar-refractivity contribution < 1.29 is 14.3 Å². The number of hydrogen-bond donors (Lipinski definition) is 1. The first-order valence-electron chi connectivity index (χ1n) is 7.48. The highest BCUT2D eigenvalue weighted by Gasteiger charge is 2.27. The number of amides is 1. The Kier molecular flexibility index (Phi) is 5.05. The van der Waals surface area contributed by atoms with E-state index in [1.807, 2.05) is 20.8 Å². The molecule has 1 amide bonds. The molecule has 2 rings (SSSR count). The highest BCUT2D eigenvalue weighted by molar-refractivity contribution is 5.68. The molecule has 122 valence electrons. The number of aromatic nitrogens is 2. The second-order valence-electron chi connectivity index (χ2n) is 6.36. The highest BCUT2D eigenvalue weighted by atomic mass is 16.6. The molecule has 1 fully saturated rings. The van der Waals surface area contributed by atoms with Crippen LogP contribution in [0, 0.1) is 0 Å². The zero-order valence-corrected chi connectivity index (χ0v) is 13.6. The number of ether oxygens (including phenoxy) is 2. The maximum absolute atomic E-state index is 12.1. The molecule has 22 heavy (non-hydrogen) atoms. The lowest BCUT2D eigenvalue weighted by Crippen LogP contribution is -2.47. The number of nitrogens with one attached hydrogen (secondary N) is 1. The third-order valence-electron chi connectivity index (χ3n) is 3.28. The van der Waals surface area contributed by atoms with Gasteiger partial charge in [-0.1, -0.05) is 0 Å². The van der Waals surface area contributed by atoms with Gasteiger partial charge in [0.15, 0.2) is 0 Å². The molecule has 7 nitrogen and oxygen atoms in total. The van der Waals surface area contributed by atoms with Gasteiger partial charge in [0.05, 0.1) is 7.11 Å². The lowest BCUT2D eigenvalue weighted by molar-refractivity contribution is 0.0206. The minimum absolute atomic E-state index is 0.140. The summed E-state index contributed by atoms with van der Waals surface area (Å²) in [5.41, 5.74) is -0.475. The van der Waals surface area contributed by atoms with Gasteiger partial charge in [0, 0.05) is 25.2 Å². The molecule has 1 aliphatic rings. The van der Waals surface area contributed by atoms with E-state index in [1.165, 1.54) is 6.33 Å². The molecule has 1 atom stereocenters. The second kappa shape index (κ2) is 6.81. The van der Waals surface area contributed by atoms with Crippen LogP contribution in [0.15, 0.2) is 12.4 Å². The summed E-state index contributed by atoms with van der Waals surface area (Å²) in [6.07, 6.45) is 3.10. The van der Waals surface area contributed by atoms with Gasteiger partial charge >= 0.3 is 6.09 Å². The van der Waals surface area contributed by atoms with Crippen LogP contribution < -0.4 is 10.1 Å². The van der Waals surface area contributed by atoms with Crippen LogP contribution >= 0.6 is 0 Å². The smallest absolute Gasteiger partial charge is 0.410 e. The van der Waals surface area contributed by atoms with E-state index in [1.54, 1.807) is 18.1 Å². The molecule has 1 saturated heterocycles. The first-order chi connectivity index (χ1) is 10.4. The van der Waals surface area contributed by atoms with Crippen molar-refractivity contribution in [3.8, 4) is 5.88 Å². The quantitative estimate of drug-likeness (QED) is 0.923. The Hall–Kier alpha value is -2.05. The lowest BCUT2D eigenvalue weighted by atomic mass is 10.1. The van der Waals surface area contributed by atoms with Crippen molar-refractivity contribution in [1.82, 2.24) is 14.9 Å². The lowest BCUT2D eigenvalue weighted by Gasteiger charge is -2.34. The number of methoxy groups -OCH3 is 1. The molecule has 0 saturated carbocycles. The van der Waals surface area contributed by atoms with Crippen LogP contribution in [0.2, 0.25) is 0 Å². The molecule has 0 spiro atoms. The van der Waals surface area contributed by atoms with E-state index in [4.69, 9.17) is 9.47 Å². The van der Waals surface area contributed by atoms with Crippen LogP contribution in [-0.4, -0.2) is 52.8 Å². The van der Waals surface area contributed by atoms with Crippen molar-refractivity contribution in [2.45, 2.75) is 45.3 Å². The molecule has 1 aromatic heterocycles. The number of anilines is 1. The summed E-state index contributed by atoms with van der Waals surface area (Å²) in [5, 5.41) is 3.32. The van der Waals surface area contributed by atoms with E-state index < -0.39 is 5.60 Å². The first-order valence-corrected chi connectivity index (χ1v) is 7.48. The monoisotopic (exact) mass is 308 g/mol. The number of carbonyl (C=O) groups is 1. The van der Waals surface area contributed by atoms with Crippen LogP contribution in [0.4, 0.5) is 10.6 Å². The number of nitrogens with zero attached hydrogens (tertiary/aromatic N) is 3. The third-order valence-corrected chi connectivity index (χ3v) is 3.28. The van der Waals surface area contributed by atoms with Crippen LogP contribution in [0.5, 0.6) is 5.88 Å². The minimum Gasteiger partial charge on any atom is -0.481 e. The zero-order valence-electron chi connectivity index (χ0n) is 13.6. The Morgan fingerprint density at radius 3 is 2.86 bits per heavy atom. The maximum atomic E-state index is 12.1. The normalized spacial score (nSPS) is 18.7. The SMILES string of the molecule is COc1cc(N[C@@H]2CCCN(C(=O)OC(C)(C)C)C2)ncn1. The molecule has 7 heteroatoms. The third kappa shape index (κ3) is 4.75. The maximum Gasteiger partial charge on any atom is 0.410 e. The van der Waals surface area contributed by atoms with Gasteiger partial charge in [-0.05, 0) is 33.6 Å². The van der Waals surface area contributed by atoms with Gasteiger partial charge in [-0.3, -0.25) is 0 Å². The van der Waals surface area contributed by atoms with Crippen LogP contribution in [-0.2, 0) is 4.74 Å². The summed E-state index contributed by atoms with van der Waals surface area (Å²) in [4.78, 5) is 22.0. The number of likely N-dealkylation sites (tertiary alicyclic amines) is 1. The summed E-state index contributed by atoms with van der Waals surface area (Å²) in [6.45, 7) is 6.94. The summed E-state index contributed by atoms with van der Waals surface area (Å²) >= 11 is 0. The fraction of sp³-hybridized carbons (Fsp3) is 0.667. The number of piperidine rings is 1. The molecular formula is C15H24N4O3. The van der Waals surface area contributed by atoms with Gasteiger partial charge in [0.1, 0.15) is 17.7 Å². The number of rotatable bonds is 3. The predicted molar refractivity (Wildman–Crippen MR) is 83.0 cm³/mol. The van der Waals surface area contributed by atoms with Gasteiger partial charge in [-0.2, -0.15) is 0 Å². The van der Waals surface area contributed by atoms with E-state index in [-0.39, 0.29) is 12.1 Å². The highest BCUT2D eigenvalue weighted by Crippen LogP contribution is 2.19. The van der Waals surface area contributed by atoms with Gasteiger partial charge in [0.2, 0.25) is 5.88 Å². The van der Waals surface area contributed by atoms with Gasteiger partial charge in [0.25, 0.3) is 0 Å². The molecule has 0 bridgehead atoms. The van der Waals surface area contributed by atoms with E-state index in [2.05, 4.69) is 15.3 Å². The Labute approximate surface area is 131 Å². The Balaban J connectivity index is 1.94. The van der Waals surface area contributed by atoms with Crippen molar-refractivity contribution in [3.05, 3.63) is 12.4 Å². The molecule has 0 aliphatic carbocycles. The summed E-state index contributed by atoms with van der Waals surface area (Å²) < 4.78 is 10.5. The molecule has 0 aromatic carbocycles. The molecule has 1 N–H and O–H groups in total. The Bertz CT molecular complexity index is 516. The van der Waals surface area contributed by atoms with E-state index >= 15 is 0 Å². The Morgan fingerprint density at radius 2 is 2.18 bits per heavy atom. The van der Waals surface area contributed by atoms with E-state index in [0.29, 0.717) is 18.2 Å². The standard InChI is InChI=1S/C15H24N4O3/c1-15(2,3)22-14(20)19-7-5-6-11(9-19)18-12-8-13(21-4)17-10-16-12/h8,10-11H,5-7,9H2,1-4H3,(H,16,17,18)/t11-/m1/s1. The van der Waals surface area contributed by atoms with Crippen molar-refractivity contribution >= 4 is 11.9 Å². The molecule has 0 unspecified atom stereocenters. The molecule has 0 radical (unpaired) electrons. The first kappa shape index (κ1) is 16.3.